The molecule has 1 N–H and O–H groups in total. The van der Waals surface area contributed by atoms with Gasteiger partial charge in [-0.1, -0.05) is 11.6 Å². The Morgan fingerprint density at radius 2 is 2.00 bits per heavy atom. The van der Waals surface area contributed by atoms with E-state index in [9.17, 15) is 0 Å². The first-order valence-corrected chi connectivity index (χ1v) is 6.18. The van der Waals surface area contributed by atoms with Crippen molar-refractivity contribution in [2.75, 3.05) is 7.05 Å². The van der Waals surface area contributed by atoms with E-state index in [0.29, 0.717) is 11.6 Å². The molecule has 4 heteroatoms. The Morgan fingerprint density at radius 3 is 2.72 bits per heavy atom. The molecule has 0 amide bonds. The van der Waals surface area contributed by atoms with Gasteiger partial charge < -0.3 is 14.5 Å². The lowest BCUT2D eigenvalue weighted by Crippen LogP contribution is -2.03. The number of hydrogen-bond acceptors (Lipinski definition) is 3. The van der Waals surface area contributed by atoms with Gasteiger partial charge in [0.2, 0.25) is 0 Å². The predicted molar refractivity (Wildman–Crippen MR) is 72.0 cm³/mol. The molecule has 0 aliphatic carbocycles. The van der Waals surface area contributed by atoms with E-state index in [0.717, 1.165) is 29.4 Å². The molecule has 1 heterocycles. The maximum atomic E-state index is 5.89. The predicted octanol–water partition coefficient (Wildman–Crippen LogP) is 3.54. The zero-order valence-corrected chi connectivity index (χ0v) is 11.3. The average Bonchev–Trinajstić information content (AvgIpc) is 2.76. The molecular weight excluding hydrogens is 250 g/mol. The van der Waals surface area contributed by atoms with Crippen molar-refractivity contribution in [1.29, 1.82) is 0 Å². The van der Waals surface area contributed by atoms with E-state index in [2.05, 4.69) is 5.32 Å². The lowest BCUT2D eigenvalue weighted by Gasteiger charge is -2.07. The van der Waals surface area contributed by atoms with Crippen LogP contribution in [0.4, 0.5) is 0 Å². The van der Waals surface area contributed by atoms with Gasteiger partial charge in [-0.05, 0) is 49.9 Å². The van der Waals surface area contributed by atoms with Gasteiger partial charge in [-0.2, -0.15) is 0 Å². The summed E-state index contributed by atoms with van der Waals surface area (Å²) in [7, 11) is 1.88. The number of rotatable bonds is 5. The fraction of sp³-hybridized carbons (Fsp3) is 0.286. The number of ether oxygens (including phenoxy) is 1. The number of nitrogens with one attached hydrogen (secondary N) is 1. The number of furan rings is 1. The van der Waals surface area contributed by atoms with Gasteiger partial charge in [-0.3, -0.25) is 0 Å². The van der Waals surface area contributed by atoms with Gasteiger partial charge in [-0.25, -0.2) is 0 Å². The fourth-order valence-electron chi connectivity index (χ4n) is 1.69. The highest BCUT2D eigenvalue weighted by Crippen LogP contribution is 2.23. The van der Waals surface area contributed by atoms with Gasteiger partial charge in [0.05, 0.1) is 6.54 Å². The number of hydrogen-bond donors (Lipinski definition) is 1. The Hall–Kier alpha value is -1.45. The second-order valence-corrected chi connectivity index (χ2v) is 4.53. The first kappa shape index (κ1) is 13.0. The molecule has 0 radical (unpaired) electrons. The van der Waals surface area contributed by atoms with Crippen LogP contribution in [0.1, 0.15) is 17.1 Å². The maximum absolute atomic E-state index is 5.89. The van der Waals surface area contributed by atoms with Crippen LogP contribution in [0.5, 0.6) is 5.75 Å². The van der Waals surface area contributed by atoms with Crippen LogP contribution in [-0.4, -0.2) is 7.05 Å². The molecule has 96 valence electrons. The van der Waals surface area contributed by atoms with Gasteiger partial charge in [0.1, 0.15) is 23.9 Å². The van der Waals surface area contributed by atoms with Crippen molar-refractivity contribution in [3.8, 4) is 5.75 Å². The van der Waals surface area contributed by atoms with Gasteiger partial charge in [-0.15, -0.1) is 0 Å². The summed E-state index contributed by atoms with van der Waals surface area (Å²) in [6.45, 7) is 3.11. The van der Waals surface area contributed by atoms with Crippen LogP contribution in [0.2, 0.25) is 5.02 Å². The van der Waals surface area contributed by atoms with Gasteiger partial charge in [0.15, 0.2) is 0 Å². The zero-order chi connectivity index (χ0) is 13.0. The minimum absolute atomic E-state index is 0.423. The molecule has 0 aliphatic rings. The molecule has 0 aliphatic heterocycles. The van der Waals surface area contributed by atoms with E-state index >= 15 is 0 Å². The molecule has 2 aromatic rings. The van der Waals surface area contributed by atoms with E-state index in [1.807, 2.05) is 44.3 Å². The van der Waals surface area contributed by atoms with E-state index in [1.54, 1.807) is 0 Å². The van der Waals surface area contributed by atoms with Gasteiger partial charge >= 0.3 is 0 Å². The molecule has 0 spiro atoms. The SMILES string of the molecule is CNCc1ccc(COc2ccc(Cl)cc2C)o1. The monoisotopic (exact) mass is 265 g/mol. The van der Waals surface area contributed by atoms with Crippen molar-refractivity contribution in [2.24, 2.45) is 0 Å². The van der Waals surface area contributed by atoms with Crippen molar-refractivity contribution in [1.82, 2.24) is 5.32 Å². The summed E-state index contributed by atoms with van der Waals surface area (Å²) in [6.07, 6.45) is 0. The van der Waals surface area contributed by atoms with Crippen LogP contribution in [0, 0.1) is 6.92 Å². The van der Waals surface area contributed by atoms with Crippen molar-refractivity contribution >= 4 is 11.6 Å². The highest BCUT2D eigenvalue weighted by molar-refractivity contribution is 6.30. The molecule has 18 heavy (non-hydrogen) atoms. The Bertz CT molecular complexity index is 522. The van der Waals surface area contributed by atoms with Crippen LogP contribution in [-0.2, 0) is 13.2 Å². The number of benzene rings is 1. The van der Waals surface area contributed by atoms with Crippen LogP contribution in [0.3, 0.4) is 0 Å². The molecule has 2 rings (SSSR count). The lowest BCUT2D eigenvalue weighted by molar-refractivity contribution is 0.264. The summed E-state index contributed by atoms with van der Waals surface area (Å²) in [5.74, 6) is 2.55. The molecule has 0 unspecified atom stereocenters. The normalized spacial score (nSPS) is 10.6. The number of halogens is 1. The molecule has 0 saturated carbocycles. The molecule has 0 bridgehead atoms. The van der Waals surface area contributed by atoms with E-state index in [4.69, 9.17) is 20.8 Å². The smallest absolute Gasteiger partial charge is 0.146 e. The molecular formula is C14H16ClNO2. The van der Waals surface area contributed by atoms with Gasteiger partial charge in [0, 0.05) is 5.02 Å². The standard InChI is InChI=1S/C14H16ClNO2/c1-10-7-11(15)3-6-14(10)17-9-13-5-4-12(18-13)8-16-2/h3-7,16H,8-9H2,1-2H3. The first-order chi connectivity index (χ1) is 8.69. The van der Waals surface area contributed by atoms with Gasteiger partial charge in [0.25, 0.3) is 0 Å². The average molecular weight is 266 g/mol. The third kappa shape index (κ3) is 3.28. The molecule has 0 fully saturated rings. The second kappa shape index (κ2) is 5.94. The van der Waals surface area contributed by atoms with E-state index in [-0.39, 0.29) is 0 Å². The summed E-state index contributed by atoms with van der Waals surface area (Å²) < 4.78 is 11.3. The van der Waals surface area contributed by atoms with Crippen molar-refractivity contribution in [3.05, 3.63) is 52.4 Å². The van der Waals surface area contributed by atoms with Crippen molar-refractivity contribution in [3.63, 3.8) is 0 Å². The summed E-state index contributed by atoms with van der Waals surface area (Å²) in [5, 5.41) is 3.75. The van der Waals surface area contributed by atoms with Crippen molar-refractivity contribution < 1.29 is 9.15 Å². The summed E-state index contributed by atoms with van der Waals surface area (Å²) in [6, 6.07) is 9.45. The molecule has 3 nitrogen and oxygen atoms in total. The highest BCUT2D eigenvalue weighted by Gasteiger charge is 2.04. The summed E-state index contributed by atoms with van der Waals surface area (Å²) in [4.78, 5) is 0. The number of aryl methyl sites for hydroxylation is 1. The fourth-order valence-corrected chi connectivity index (χ4v) is 1.92. The first-order valence-electron chi connectivity index (χ1n) is 5.80. The quantitative estimate of drug-likeness (QED) is 0.898. The summed E-state index contributed by atoms with van der Waals surface area (Å²) >= 11 is 5.89. The molecule has 0 atom stereocenters. The largest absolute Gasteiger partial charge is 0.485 e. The van der Waals surface area contributed by atoms with E-state index in [1.165, 1.54) is 0 Å². The minimum atomic E-state index is 0.423. The topological polar surface area (TPSA) is 34.4 Å². The van der Waals surface area contributed by atoms with Crippen LogP contribution >= 0.6 is 11.6 Å². The van der Waals surface area contributed by atoms with Crippen molar-refractivity contribution in [2.45, 2.75) is 20.1 Å². The highest BCUT2D eigenvalue weighted by atomic mass is 35.5. The van der Waals surface area contributed by atoms with Crippen LogP contribution in [0.15, 0.2) is 34.7 Å². The van der Waals surface area contributed by atoms with Crippen LogP contribution < -0.4 is 10.1 Å². The maximum Gasteiger partial charge on any atom is 0.146 e. The Labute approximate surface area is 112 Å². The zero-order valence-electron chi connectivity index (χ0n) is 10.5. The Kier molecular flexibility index (Phi) is 4.28. The molecule has 0 saturated heterocycles. The molecule has 1 aromatic heterocycles. The Morgan fingerprint density at radius 1 is 1.22 bits per heavy atom. The lowest BCUT2D eigenvalue weighted by atomic mass is 10.2. The Balaban J connectivity index is 1.97. The minimum Gasteiger partial charge on any atom is -0.485 e. The van der Waals surface area contributed by atoms with Crippen LogP contribution in [0.25, 0.3) is 0 Å². The summed E-state index contributed by atoms with van der Waals surface area (Å²) in [5.41, 5.74) is 1.02. The third-order valence-electron chi connectivity index (χ3n) is 2.58. The second-order valence-electron chi connectivity index (χ2n) is 4.10. The van der Waals surface area contributed by atoms with E-state index < -0.39 is 0 Å². The third-order valence-corrected chi connectivity index (χ3v) is 2.81. The molecule has 1 aromatic carbocycles.